The number of H-pyrrole nitrogens is 1. The van der Waals surface area contributed by atoms with Crippen LogP contribution in [-0.2, 0) is 11.3 Å². The van der Waals surface area contributed by atoms with E-state index < -0.39 is 0 Å². The summed E-state index contributed by atoms with van der Waals surface area (Å²) < 4.78 is 5.13. The van der Waals surface area contributed by atoms with Crippen molar-refractivity contribution >= 4 is 22.4 Å². The number of nitrogens with one attached hydrogen (secondary N) is 2. The molecule has 3 aromatic heterocycles. The van der Waals surface area contributed by atoms with Crippen molar-refractivity contribution in [2.24, 2.45) is 0 Å². The molecule has 0 fully saturated rings. The van der Waals surface area contributed by atoms with Gasteiger partial charge in [0.25, 0.3) is 0 Å². The lowest BCUT2D eigenvalue weighted by atomic mass is 10.2. The fourth-order valence-electron chi connectivity index (χ4n) is 1.85. The number of thiazole rings is 1. The van der Waals surface area contributed by atoms with Gasteiger partial charge in [-0.1, -0.05) is 0 Å². The fourth-order valence-corrected chi connectivity index (χ4v) is 2.55. The van der Waals surface area contributed by atoms with E-state index in [1.165, 1.54) is 11.3 Å². The van der Waals surface area contributed by atoms with Crippen LogP contribution in [-0.4, -0.2) is 32.3 Å². The van der Waals surface area contributed by atoms with E-state index >= 15 is 0 Å². The number of rotatable bonds is 5. The lowest BCUT2D eigenvalue weighted by molar-refractivity contribution is 0.182. The number of aromatic nitrogens is 5. The summed E-state index contributed by atoms with van der Waals surface area (Å²) in [5, 5.41) is 12.8. The van der Waals surface area contributed by atoms with Gasteiger partial charge in [0.2, 0.25) is 5.95 Å². The molecule has 0 spiro atoms. The molecule has 0 amide bonds. The maximum absolute atomic E-state index is 5.13. The molecule has 3 heterocycles. The topological polar surface area (TPSA) is 88.6 Å². The van der Waals surface area contributed by atoms with Gasteiger partial charge in [0.05, 0.1) is 24.2 Å². The van der Waals surface area contributed by atoms with Crippen molar-refractivity contribution in [2.45, 2.75) is 13.5 Å². The van der Waals surface area contributed by atoms with Gasteiger partial charge in [-0.3, -0.25) is 5.10 Å². The van der Waals surface area contributed by atoms with Crippen molar-refractivity contribution < 1.29 is 4.74 Å². The molecule has 108 valence electrons. The van der Waals surface area contributed by atoms with Gasteiger partial charge in [-0.25, -0.2) is 15.0 Å². The minimum atomic E-state index is 0.469. The zero-order valence-corrected chi connectivity index (χ0v) is 12.4. The molecule has 0 aliphatic heterocycles. The summed E-state index contributed by atoms with van der Waals surface area (Å²) in [6.07, 6.45) is 3.46. The molecule has 0 bridgehead atoms. The summed E-state index contributed by atoms with van der Waals surface area (Å²) in [4.78, 5) is 13.0. The van der Waals surface area contributed by atoms with Crippen molar-refractivity contribution in [1.82, 2.24) is 25.1 Å². The third-order valence-corrected chi connectivity index (χ3v) is 3.56. The van der Waals surface area contributed by atoms with E-state index in [9.17, 15) is 0 Å². The molecule has 0 atom stereocenters. The molecule has 2 N–H and O–H groups in total. The van der Waals surface area contributed by atoms with Crippen LogP contribution in [0.4, 0.5) is 11.1 Å². The van der Waals surface area contributed by atoms with E-state index in [1.54, 1.807) is 19.5 Å². The highest BCUT2D eigenvalue weighted by Gasteiger charge is 2.12. The maximum Gasteiger partial charge on any atom is 0.229 e. The summed E-state index contributed by atoms with van der Waals surface area (Å²) in [6, 6.07) is 1.85. The van der Waals surface area contributed by atoms with Crippen LogP contribution in [0.15, 0.2) is 23.8 Å². The first-order valence-electron chi connectivity index (χ1n) is 6.30. The number of hydrogen-bond donors (Lipinski definition) is 2. The molecule has 0 saturated heterocycles. The van der Waals surface area contributed by atoms with Crippen molar-refractivity contribution in [2.75, 3.05) is 12.4 Å². The Bertz CT molecular complexity index is 738. The van der Waals surface area contributed by atoms with Crippen LogP contribution in [0.1, 0.15) is 11.4 Å². The van der Waals surface area contributed by atoms with Gasteiger partial charge in [-0.15, -0.1) is 11.3 Å². The molecule has 3 aromatic rings. The van der Waals surface area contributed by atoms with E-state index in [0.29, 0.717) is 12.6 Å². The van der Waals surface area contributed by atoms with Crippen LogP contribution in [0, 0.1) is 6.92 Å². The summed E-state index contributed by atoms with van der Waals surface area (Å²) in [5.41, 5.74) is 3.59. The largest absolute Gasteiger partial charge is 0.378 e. The highest BCUT2D eigenvalue weighted by Crippen LogP contribution is 2.27. The van der Waals surface area contributed by atoms with E-state index in [1.807, 2.05) is 18.4 Å². The Morgan fingerprint density at radius 2 is 2.29 bits per heavy atom. The van der Waals surface area contributed by atoms with E-state index in [0.717, 1.165) is 27.8 Å². The van der Waals surface area contributed by atoms with Gasteiger partial charge in [0, 0.05) is 29.9 Å². The Hall–Kier alpha value is -2.32. The van der Waals surface area contributed by atoms with E-state index in [2.05, 4.69) is 30.5 Å². The summed E-state index contributed by atoms with van der Waals surface area (Å²) in [7, 11) is 1.65. The molecular weight excluding hydrogens is 288 g/mol. The van der Waals surface area contributed by atoms with Crippen LogP contribution < -0.4 is 5.32 Å². The molecule has 3 rings (SSSR count). The molecular formula is C13H14N6OS. The number of anilines is 2. The van der Waals surface area contributed by atoms with Crippen LogP contribution in [0.3, 0.4) is 0 Å². The first kappa shape index (κ1) is 13.7. The second-order valence-electron chi connectivity index (χ2n) is 4.38. The van der Waals surface area contributed by atoms with Crippen molar-refractivity contribution in [3.8, 4) is 11.3 Å². The number of hydrogen-bond acceptors (Lipinski definition) is 7. The predicted molar refractivity (Wildman–Crippen MR) is 80.5 cm³/mol. The Balaban J connectivity index is 1.81. The predicted octanol–water partition coefficient (Wildman–Crippen LogP) is 2.52. The lowest BCUT2D eigenvalue weighted by Crippen LogP contribution is -1.97. The Kier molecular flexibility index (Phi) is 3.89. The van der Waals surface area contributed by atoms with Crippen molar-refractivity contribution in [1.29, 1.82) is 0 Å². The Morgan fingerprint density at radius 3 is 3.10 bits per heavy atom. The molecule has 0 saturated carbocycles. The number of aryl methyl sites for hydroxylation is 1. The van der Waals surface area contributed by atoms with Gasteiger partial charge < -0.3 is 10.1 Å². The summed E-state index contributed by atoms with van der Waals surface area (Å²) >= 11 is 1.49. The normalized spacial score (nSPS) is 10.8. The molecule has 0 aliphatic carbocycles. The van der Waals surface area contributed by atoms with Gasteiger partial charge >= 0.3 is 0 Å². The first-order valence-corrected chi connectivity index (χ1v) is 7.18. The average Bonchev–Trinajstić information content (AvgIpc) is 3.08. The van der Waals surface area contributed by atoms with E-state index in [4.69, 9.17) is 4.74 Å². The number of methoxy groups -OCH3 is 1. The van der Waals surface area contributed by atoms with Crippen LogP contribution in [0.2, 0.25) is 0 Å². The summed E-state index contributed by atoms with van der Waals surface area (Å²) in [6.45, 7) is 2.39. The van der Waals surface area contributed by atoms with Gasteiger partial charge in [0.15, 0.2) is 5.13 Å². The molecule has 0 unspecified atom stereocenters. The third-order valence-electron chi connectivity index (χ3n) is 2.80. The van der Waals surface area contributed by atoms with Gasteiger partial charge in [-0.2, -0.15) is 5.10 Å². The average molecular weight is 302 g/mol. The summed E-state index contributed by atoms with van der Waals surface area (Å²) in [5.74, 6) is 0.542. The monoisotopic (exact) mass is 302 g/mol. The quantitative estimate of drug-likeness (QED) is 0.753. The maximum atomic E-state index is 5.13. The highest BCUT2D eigenvalue weighted by atomic mass is 32.1. The van der Waals surface area contributed by atoms with Crippen LogP contribution in [0.25, 0.3) is 11.3 Å². The smallest absolute Gasteiger partial charge is 0.229 e. The Labute approximate surface area is 125 Å². The van der Waals surface area contributed by atoms with Crippen LogP contribution >= 0.6 is 11.3 Å². The van der Waals surface area contributed by atoms with Crippen molar-refractivity contribution in [3.05, 3.63) is 35.2 Å². The molecule has 0 aromatic carbocycles. The fraction of sp³-hybridized carbons (Fsp3) is 0.231. The minimum absolute atomic E-state index is 0.469. The molecule has 21 heavy (non-hydrogen) atoms. The zero-order valence-electron chi connectivity index (χ0n) is 11.6. The second kappa shape index (κ2) is 5.98. The van der Waals surface area contributed by atoms with Gasteiger partial charge in [0.1, 0.15) is 0 Å². The zero-order chi connectivity index (χ0) is 14.7. The highest BCUT2D eigenvalue weighted by molar-refractivity contribution is 7.14. The molecule has 0 radical (unpaired) electrons. The van der Waals surface area contributed by atoms with Crippen LogP contribution in [0.5, 0.6) is 0 Å². The number of ether oxygens (including phenoxy) is 1. The molecule has 7 nitrogen and oxygen atoms in total. The van der Waals surface area contributed by atoms with Crippen molar-refractivity contribution in [3.63, 3.8) is 0 Å². The molecule has 8 heteroatoms. The lowest BCUT2D eigenvalue weighted by Gasteiger charge is -2.01. The standard InChI is InChI=1S/C13H14N6OS/c1-8-3-4-14-12(16-8)18-13-17-11(7-21-13)9-5-15-19-10(9)6-20-2/h3-5,7H,6H2,1-2H3,(H,15,19)(H,14,16,17,18). The number of aromatic amines is 1. The Morgan fingerprint density at radius 1 is 1.38 bits per heavy atom. The van der Waals surface area contributed by atoms with Gasteiger partial charge in [-0.05, 0) is 13.0 Å². The molecule has 0 aliphatic rings. The third kappa shape index (κ3) is 3.06. The first-order chi connectivity index (χ1) is 10.3. The van der Waals surface area contributed by atoms with E-state index in [-0.39, 0.29) is 0 Å². The SMILES string of the molecule is COCc1[nH]ncc1-c1csc(Nc2nccc(C)n2)n1. The number of nitrogens with zero attached hydrogens (tertiary/aromatic N) is 4. The second-order valence-corrected chi connectivity index (χ2v) is 5.24. The minimum Gasteiger partial charge on any atom is -0.378 e.